The van der Waals surface area contributed by atoms with Crippen LogP contribution < -0.4 is 31.9 Å². The summed E-state index contributed by atoms with van der Waals surface area (Å²) < 4.78 is 97.7. The zero-order valence-electron chi connectivity index (χ0n) is 65.8. The highest BCUT2D eigenvalue weighted by Crippen LogP contribution is 2.42. The predicted octanol–water partition coefficient (Wildman–Crippen LogP) is 8.02. The van der Waals surface area contributed by atoms with Crippen molar-refractivity contribution < 1.29 is 115 Å². The van der Waals surface area contributed by atoms with Gasteiger partial charge in [0.15, 0.2) is 33.5 Å². The molecule has 31 nitrogen and oxygen atoms in total. The number of aliphatic hydroxyl groups excluding tert-OH is 4. The lowest BCUT2D eigenvalue weighted by Gasteiger charge is -2.51. The van der Waals surface area contributed by atoms with E-state index in [1.807, 2.05) is 58.1 Å². The Hall–Kier alpha value is -9.56. The lowest BCUT2D eigenvalue weighted by molar-refractivity contribution is -0.358. The minimum Gasteiger partial charge on any atom is -0.445 e. The Morgan fingerprint density at radius 1 is 0.470 bits per heavy atom. The molecular weight excluding hydrogens is 1530 g/mol. The van der Waals surface area contributed by atoms with Crippen LogP contribution in [0, 0.1) is 0 Å². The van der Waals surface area contributed by atoms with E-state index in [0.29, 0.717) is 46.3 Å². The van der Waals surface area contributed by atoms with Crippen LogP contribution in [0.2, 0.25) is 18.1 Å². The van der Waals surface area contributed by atoms with Crippen molar-refractivity contribution >= 4 is 38.8 Å². The van der Waals surface area contributed by atoms with Gasteiger partial charge in [0, 0.05) is 31.0 Å². The number of rotatable bonds is 33. The van der Waals surface area contributed by atoms with E-state index in [9.17, 15) is 44.4 Å². The average molecular weight is 1640 g/mol. The third-order valence-electron chi connectivity index (χ3n) is 21.3. The van der Waals surface area contributed by atoms with Gasteiger partial charge in [0.1, 0.15) is 118 Å². The third kappa shape index (κ3) is 24.6. The van der Waals surface area contributed by atoms with Crippen molar-refractivity contribution in [3.05, 3.63) is 245 Å². The van der Waals surface area contributed by atoms with Crippen LogP contribution in [0.5, 0.6) is 0 Å². The topological polar surface area (TPSA) is 390 Å². The third-order valence-corrected chi connectivity index (χ3v) is 25.8. The van der Waals surface area contributed by atoms with Gasteiger partial charge >= 0.3 is 30.5 Å². The Kier molecular flexibility index (Phi) is 31.3. The van der Waals surface area contributed by atoms with Gasteiger partial charge < -0.3 is 123 Å². The van der Waals surface area contributed by atoms with Crippen molar-refractivity contribution in [3.63, 3.8) is 0 Å². The summed E-state index contributed by atoms with van der Waals surface area (Å²) in [4.78, 5) is 75.3. The molecule has 10 N–H and O–H groups in total. The maximum atomic E-state index is 14.7. The molecule has 5 amide bonds. The van der Waals surface area contributed by atoms with Crippen LogP contribution in [0.4, 0.5) is 24.0 Å². The number of aliphatic hydroxyl groups is 4. The van der Waals surface area contributed by atoms with Gasteiger partial charge in [-0.2, -0.15) is 0 Å². The largest absolute Gasteiger partial charge is 0.445 e. The number of aromatic nitrogens is 1. The highest BCUT2D eigenvalue weighted by atomic mass is 28.4. The number of fused-ring (bicyclic) bond motifs is 1. The molecule has 0 spiro atoms. The number of benzene rings is 6. The summed E-state index contributed by atoms with van der Waals surface area (Å²) in [6.07, 6.45) is -26.6. The molecule has 1 saturated carbocycles. The molecule has 1 aliphatic carbocycles. The number of carbonyl (C=O) groups excluding carboxylic acids is 5. The molecule has 4 saturated heterocycles. The van der Waals surface area contributed by atoms with Gasteiger partial charge in [-0.3, -0.25) is 4.98 Å². The fourth-order valence-corrected chi connectivity index (χ4v) is 14.9. The molecule has 20 atom stereocenters. The van der Waals surface area contributed by atoms with E-state index in [1.165, 1.54) is 0 Å². The molecule has 117 heavy (non-hydrogen) atoms. The fraction of sp³-hybridized carbons (Fsp3) is 0.459. The normalized spacial score (nSPS) is 27.7. The van der Waals surface area contributed by atoms with Crippen molar-refractivity contribution in [1.29, 1.82) is 0 Å². The quantitative estimate of drug-likeness (QED) is 0.0106. The van der Waals surface area contributed by atoms with Crippen molar-refractivity contribution in [3.8, 4) is 0 Å². The van der Waals surface area contributed by atoms with Crippen LogP contribution in [0.25, 0.3) is 0 Å². The van der Waals surface area contributed by atoms with E-state index in [-0.39, 0.29) is 65.8 Å². The molecule has 5 aliphatic rings. The summed E-state index contributed by atoms with van der Waals surface area (Å²) >= 11 is 0. The molecule has 0 bridgehead atoms. The van der Waals surface area contributed by atoms with E-state index in [2.05, 4.69) is 36.9 Å². The summed E-state index contributed by atoms with van der Waals surface area (Å²) in [5.74, 6) is 0. The van der Waals surface area contributed by atoms with Gasteiger partial charge in [0.05, 0.1) is 31.9 Å². The fourth-order valence-electron chi connectivity index (χ4n) is 13.8. The van der Waals surface area contributed by atoms with Crippen molar-refractivity contribution in [1.82, 2.24) is 36.9 Å². The first-order valence-corrected chi connectivity index (χ1v) is 42.2. The van der Waals surface area contributed by atoms with Crippen LogP contribution in [-0.2, 0) is 110 Å². The minimum absolute atomic E-state index is 0.110. The second-order valence-corrected chi connectivity index (χ2v) is 35.4. The zero-order chi connectivity index (χ0) is 82.3. The van der Waals surface area contributed by atoms with E-state index in [1.54, 1.807) is 182 Å². The van der Waals surface area contributed by atoms with Gasteiger partial charge in [0.2, 0.25) is 0 Å². The second kappa shape index (κ2) is 42.2. The van der Waals surface area contributed by atoms with Gasteiger partial charge in [-0.25, -0.2) is 24.0 Å². The van der Waals surface area contributed by atoms with Crippen molar-refractivity contribution in [2.75, 3.05) is 39.5 Å². The average Bonchev–Trinajstić information content (AvgIpc) is 1.74. The van der Waals surface area contributed by atoms with Gasteiger partial charge in [-0.05, 0) is 77.0 Å². The smallest absolute Gasteiger partial charge is 0.407 e. The number of nitrogens with one attached hydrogen (secondary N) is 6. The van der Waals surface area contributed by atoms with E-state index < -0.39 is 173 Å². The molecule has 5 heterocycles. The summed E-state index contributed by atoms with van der Waals surface area (Å²) in [7, 11) is -2.81. The highest BCUT2D eigenvalue weighted by molar-refractivity contribution is 6.74. The molecule has 32 heteroatoms. The van der Waals surface area contributed by atoms with Gasteiger partial charge in [0.25, 0.3) is 0 Å². The molecular formula is C85H105N7O24Si. The second-order valence-electron chi connectivity index (χ2n) is 30.6. The number of hydrogen-bond donors (Lipinski definition) is 10. The summed E-state index contributed by atoms with van der Waals surface area (Å²) in [6, 6.07) is 51.0. The standard InChI is InChI=1S/C85H105N7O24Si/c1-85(2,3)117(4,5)109-52-64-73(115-77-65(91-83(100)107-49-57-31-18-9-19-32-57)69(95)68(94)62(110-77)45-88-80(97)104-46-54-25-12-6-13-26-54)75(102-42-41-86-40-38-53-35-24-39-87-44-53)79(112-64)116-74-67(93)60(89-81(98)105-47-55-27-14-7-15-28-55)43-61(90-82(99)106-48-56-29-16-8-17-30-56)71(74)113-78-66(92-84(101)108-50-58-33-20-10-21-34-58)70(96)72-63(111-78)51-103-76(114-72)59-36-22-11-23-37-59/h6-37,39,44,60-79,86,93-96H,38,40-43,45-52H2,1-5H3,(H,88,97)(H,89,98)(H,90,99)(H,91,100)(H,92,101)/t60-,61+,62+,63-,64-,65-,66-,67+,68-,69-,70-,71-,72-,73-,74-,75-,76?,77-,78-,79+/m1/s1. The Balaban J connectivity index is 0.934. The Morgan fingerprint density at radius 3 is 1.45 bits per heavy atom. The number of alkyl carbamates (subject to hydrolysis) is 5. The molecule has 628 valence electrons. The van der Waals surface area contributed by atoms with Crippen LogP contribution in [0.3, 0.4) is 0 Å². The molecule has 7 aromatic rings. The van der Waals surface area contributed by atoms with Crippen LogP contribution in [0.1, 0.15) is 72.4 Å². The number of carbonyl (C=O) groups is 5. The van der Waals surface area contributed by atoms with Crippen LogP contribution in [-0.4, -0.2) is 220 Å². The SMILES string of the molecule is CC(C)(C)[Si](C)(C)OC[C@H]1O[C@@H](O[C@@H]2[C@@H](O)[C@H](NC(=O)OCc3ccccc3)C[C@H](NC(=O)OCc3ccccc3)[C@H]2O[C@H]2O[C@@H]3COC(c4ccccc4)O[C@H]3[C@H](O)[C@H]2NC(=O)OCc2ccccc2)[C@H](OCCNCCc2cccnc2)[C@@H]1O[C@H]1O[C@@H](CNC(=O)OCc2ccccc2)[C@@H](O)[C@H](O)[C@H]1NC(=O)OCc1ccccc1. The van der Waals surface area contributed by atoms with E-state index >= 15 is 0 Å². The molecule has 4 aliphatic heterocycles. The maximum Gasteiger partial charge on any atom is 0.407 e. The minimum atomic E-state index is -2.81. The van der Waals surface area contributed by atoms with Gasteiger partial charge in [-0.1, -0.05) is 209 Å². The van der Waals surface area contributed by atoms with Crippen molar-refractivity contribution in [2.24, 2.45) is 0 Å². The predicted molar refractivity (Wildman–Crippen MR) is 422 cm³/mol. The number of ether oxygens (including phenoxy) is 14. The summed E-state index contributed by atoms with van der Waals surface area (Å²) in [5.41, 5.74) is 4.79. The molecule has 6 aromatic carbocycles. The first kappa shape index (κ1) is 86.8. The molecule has 1 aromatic heterocycles. The number of hydrogen-bond acceptors (Lipinski definition) is 26. The number of nitrogens with zero attached hydrogens (tertiary/aromatic N) is 1. The van der Waals surface area contributed by atoms with Crippen molar-refractivity contribution in [2.45, 2.75) is 207 Å². The van der Waals surface area contributed by atoms with E-state index in [0.717, 1.165) is 5.56 Å². The van der Waals surface area contributed by atoms with E-state index in [4.69, 9.17) is 70.7 Å². The zero-order valence-corrected chi connectivity index (χ0v) is 66.8. The molecule has 5 fully saturated rings. The number of pyridine rings is 1. The molecule has 12 rings (SSSR count). The van der Waals surface area contributed by atoms with Gasteiger partial charge in [-0.15, -0.1) is 0 Å². The lowest BCUT2D eigenvalue weighted by atomic mass is 9.83. The Bertz CT molecular complexity index is 4200. The monoisotopic (exact) mass is 1640 g/mol. The molecule has 0 radical (unpaired) electrons. The maximum absolute atomic E-state index is 14.7. The molecule has 1 unspecified atom stereocenters. The Morgan fingerprint density at radius 2 is 0.932 bits per heavy atom. The Labute approximate surface area is 680 Å². The lowest BCUT2D eigenvalue weighted by Crippen LogP contribution is -2.71. The van der Waals surface area contributed by atoms with Crippen LogP contribution in [0.15, 0.2) is 207 Å². The summed E-state index contributed by atoms with van der Waals surface area (Å²) in [6.45, 7) is 8.78. The summed E-state index contributed by atoms with van der Waals surface area (Å²) in [5, 5.41) is 67.5. The first-order chi connectivity index (χ1) is 56.6. The van der Waals surface area contributed by atoms with Crippen LogP contribution >= 0.6 is 0 Å². The number of amides is 5. The first-order valence-electron chi connectivity index (χ1n) is 39.2. The highest BCUT2D eigenvalue weighted by Gasteiger charge is 2.59.